The first-order valence-corrected chi connectivity index (χ1v) is 12.2. The maximum Gasteiger partial charge on any atom is 0.311 e. The standard InChI is InChI=1S/C25H49NO2/c1-6-7-8-9-10-11-12-13-17-24(2,3)18-14-19-25(4,5)23(27)28-22-15-20-26-21-16-22/h22,26H,6-21H2,1-5H3. The summed E-state index contributed by atoms with van der Waals surface area (Å²) in [5.74, 6) is 0.000258. The van der Waals surface area contributed by atoms with Crippen molar-refractivity contribution < 1.29 is 9.53 Å². The van der Waals surface area contributed by atoms with Gasteiger partial charge in [-0.1, -0.05) is 78.6 Å². The zero-order valence-electron chi connectivity index (χ0n) is 19.7. The molecule has 0 saturated carbocycles. The van der Waals surface area contributed by atoms with Crippen molar-refractivity contribution in [1.29, 1.82) is 0 Å². The van der Waals surface area contributed by atoms with E-state index in [1.165, 1.54) is 64.2 Å². The van der Waals surface area contributed by atoms with Gasteiger partial charge in [-0.05, 0) is 64.5 Å². The lowest BCUT2D eigenvalue weighted by atomic mass is 9.79. The third-order valence-electron chi connectivity index (χ3n) is 6.47. The van der Waals surface area contributed by atoms with Crippen molar-refractivity contribution in [2.24, 2.45) is 10.8 Å². The molecule has 1 fully saturated rings. The molecule has 0 aromatic carbocycles. The zero-order valence-corrected chi connectivity index (χ0v) is 19.7. The first kappa shape index (κ1) is 25.5. The summed E-state index contributed by atoms with van der Waals surface area (Å²) in [6, 6.07) is 0. The molecule has 28 heavy (non-hydrogen) atoms. The molecule has 0 atom stereocenters. The van der Waals surface area contributed by atoms with Crippen molar-refractivity contribution in [2.75, 3.05) is 13.1 Å². The number of nitrogens with one attached hydrogen (secondary N) is 1. The van der Waals surface area contributed by atoms with E-state index in [0.717, 1.165) is 38.8 Å². The molecule has 1 N–H and O–H groups in total. The molecule has 1 aliphatic heterocycles. The molecular weight excluding hydrogens is 346 g/mol. The van der Waals surface area contributed by atoms with Gasteiger partial charge in [-0.15, -0.1) is 0 Å². The summed E-state index contributed by atoms with van der Waals surface area (Å²) in [7, 11) is 0. The van der Waals surface area contributed by atoms with Crippen molar-refractivity contribution in [2.45, 2.75) is 131 Å². The van der Waals surface area contributed by atoms with Crippen molar-refractivity contribution in [3.05, 3.63) is 0 Å². The van der Waals surface area contributed by atoms with Gasteiger partial charge in [0.15, 0.2) is 0 Å². The van der Waals surface area contributed by atoms with E-state index in [9.17, 15) is 4.79 Å². The van der Waals surface area contributed by atoms with E-state index in [1.807, 2.05) is 0 Å². The van der Waals surface area contributed by atoms with E-state index in [4.69, 9.17) is 4.74 Å². The van der Waals surface area contributed by atoms with Crippen LogP contribution in [0.1, 0.15) is 125 Å². The van der Waals surface area contributed by atoms with Crippen LogP contribution in [0.4, 0.5) is 0 Å². The minimum atomic E-state index is -0.362. The number of ether oxygens (including phenoxy) is 1. The monoisotopic (exact) mass is 395 g/mol. The quantitative estimate of drug-likeness (QED) is 0.239. The third kappa shape index (κ3) is 11.4. The Morgan fingerprint density at radius 3 is 1.96 bits per heavy atom. The van der Waals surface area contributed by atoms with Crippen LogP contribution in [-0.2, 0) is 9.53 Å². The Morgan fingerprint density at radius 2 is 1.36 bits per heavy atom. The Morgan fingerprint density at radius 1 is 0.821 bits per heavy atom. The molecule has 0 spiro atoms. The minimum absolute atomic E-state index is 0.000258. The second-order valence-electron chi connectivity index (χ2n) is 10.5. The number of piperidine rings is 1. The topological polar surface area (TPSA) is 38.3 Å². The van der Waals surface area contributed by atoms with Gasteiger partial charge in [-0.2, -0.15) is 0 Å². The van der Waals surface area contributed by atoms with Gasteiger partial charge < -0.3 is 10.1 Å². The van der Waals surface area contributed by atoms with Gasteiger partial charge in [-0.25, -0.2) is 0 Å². The Balaban J connectivity index is 2.16. The fourth-order valence-corrected chi connectivity index (χ4v) is 4.20. The largest absolute Gasteiger partial charge is 0.462 e. The summed E-state index contributed by atoms with van der Waals surface area (Å²) in [6.07, 6.45) is 17.7. The average molecular weight is 396 g/mol. The molecule has 1 saturated heterocycles. The average Bonchev–Trinajstić information content (AvgIpc) is 2.64. The smallest absolute Gasteiger partial charge is 0.311 e. The number of carbonyl (C=O) groups excluding carboxylic acids is 1. The highest BCUT2D eigenvalue weighted by molar-refractivity contribution is 5.76. The second kappa shape index (κ2) is 13.6. The Labute approximate surface area is 175 Å². The molecule has 1 rings (SSSR count). The van der Waals surface area contributed by atoms with Crippen LogP contribution in [0.25, 0.3) is 0 Å². The number of carbonyl (C=O) groups is 1. The van der Waals surface area contributed by atoms with Crippen molar-refractivity contribution in [3.63, 3.8) is 0 Å². The van der Waals surface area contributed by atoms with Gasteiger partial charge in [0, 0.05) is 0 Å². The highest BCUT2D eigenvalue weighted by atomic mass is 16.5. The number of rotatable bonds is 15. The highest BCUT2D eigenvalue weighted by Crippen LogP contribution is 2.34. The number of hydrogen-bond donors (Lipinski definition) is 1. The Bertz CT molecular complexity index is 411. The Kier molecular flexibility index (Phi) is 12.4. The number of esters is 1. The van der Waals surface area contributed by atoms with Crippen LogP contribution in [0.2, 0.25) is 0 Å². The molecule has 0 bridgehead atoms. The van der Waals surface area contributed by atoms with Crippen molar-refractivity contribution >= 4 is 5.97 Å². The molecule has 0 unspecified atom stereocenters. The van der Waals surface area contributed by atoms with Crippen LogP contribution in [0.15, 0.2) is 0 Å². The highest BCUT2D eigenvalue weighted by Gasteiger charge is 2.32. The van der Waals surface area contributed by atoms with Crippen LogP contribution >= 0.6 is 0 Å². The van der Waals surface area contributed by atoms with Crippen LogP contribution in [0.5, 0.6) is 0 Å². The fraction of sp³-hybridized carbons (Fsp3) is 0.960. The molecule has 0 aliphatic carbocycles. The number of hydrogen-bond acceptors (Lipinski definition) is 3. The maximum absolute atomic E-state index is 12.6. The van der Waals surface area contributed by atoms with E-state index in [1.54, 1.807) is 0 Å². The lowest BCUT2D eigenvalue weighted by Crippen LogP contribution is -2.37. The molecule has 0 radical (unpaired) electrons. The summed E-state index contributed by atoms with van der Waals surface area (Å²) >= 11 is 0. The van der Waals surface area contributed by atoms with Gasteiger partial charge in [0.2, 0.25) is 0 Å². The molecule has 0 aromatic heterocycles. The minimum Gasteiger partial charge on any atom is -0.462 e. The van der Waals surface area contributed by atoms with Gasteiger partial charge in [0.25, 0.3) is 0 Å². The van der Waals surface area contributed by atoms with Crippen molar-refractivity contribution in [1.82, 2.24) is 5.32 Å². The summed E-state index contributed by atoms with van der Waals surface area (Å²) in [4.78, 5) is 12.6. The predicted molar refractivity (Wildman–Crippen MR) is 121 cm³/mol. The molecular formula is C25H49NO2. The summed E-state index contributed by atoms with van der Waals surface area (Å²) < 4.78 is 5.79. The van der Waals surface area contributed by atoms with Crippen molar-refractivity contribution in [3.8, 4) is 0 Å². The molecule has 1 heterocycles. The van der Waals surface area contributed by atoms with Crippen LogP contribution in [0, 0.1) is 10.8 Å². The van der Waals surface area contributed by atoms with Gasteiger partial charge >= 0.3 is 5.97 Å². The predicted octanol–water partition coefficient (Wildman–Crippen LogP) is 7.04. The van der Waals surface area contributed by atoms with Gasteiger partial charge in [-0.3, -0.25) is 4.79 Å². The maximum atomic E-state index is 12.6. The molecule has 0 amide bonds. The SMILES string of the molecule is CCCCCCCCCCC(C)(C)CCCC(C)(C)C(=O)OC1CCNCC1. The van der Waals surface area contributed by atoms with E-state index in [2.05, 4.69) is 39.9 Å². The van der Waals surface area contributed by atoms with E-state index in [-0.39, 0.29) is 17.5 Å². The number of unbranched alkanes of at least 4 members (excludes halogenated alkanes) is 7. The molecule has 3 nitrogen and oxygen atoms in total. The van der Waals surface area contributed by atoms with Gasteiger partial charge in [0.1, 0.15) is 6.10 Å². The van der Waals surface area contributed by atoms with E-state index in [0.29, 0.717) is 5.41 Å². The van der Waals surface area contributed by atoms with E-state index >= 15 is 0 Å². The zero-order chi connectivity index (χ0) is 20.9. The molecule has 1 aliphatic rings. The normalized spacial score (nSPS) is 16.3. The lowest BCUT2D eigenvalue weighted by molar-refractivity contribution is -0.161. The summed E-state index contributed by atoms with van der Waals surface area (Å²) in [5, 5.41) is 3.32. The van der Waals surface area contributed by atoms with Crippen LogP contribution in [0.3, 0.4) is 0 Å². The fourth-order valence-electron chi connectivity index (χ4n) is 4.20. The second-order valence-corrected chi connectivity index (χ2v) is 10.5. The lowest BCUT2D eigenvalue weighted by Gasteiger charge is -2.30. The van der Waals surface area contributed by atoms with Crippen LogP contribution in [-0.4, -0.2) is 25.2 Å². The Hall–Kier alpha value is -0.570. The summed E-state index contributed by atoms with van der Waals surface area (Å²) in [6.45, 7) is 13.1. The van der Waals surface area contributed by atoms with Gasteiger partial charge in [0.05, 0.1) is 5.41 Å². The summed E-state index contributed by atoms with van der Waals surface area (Å²) in [5.41, 5.74) is 0.0245. The third-order valence-corrected chi connectivity index (χ3v) is 6.47. The van der Waals surface area contributed by atoms with E-state index < -0.39 is 0 Å². The molecule has 166 valence electrons. The van der Waals surface area contributed by atoms with Crippen LogP contribution < -0.4 is 5.32 Å². The molecule has 3 heteroatoms. The molecule has 0 aromatic rings. The first-order valence-electron chi connectivity index (χ1n) is 12.2. The first-order chi connectivity index (χ1) is 13.3.